The molecule has 2 rings (SSSR count). The van der Waals surface area contributed by atoms with Crippen LogP contribution < -0.4 is 5.32 Å². The van der Waals surface area contributed by atoms with E-state index in [0.29, 0.717) is 6.04 Å². The van der Waals surface area contributed by atoms with Crippen LogP contribution in [-0.4, -0.2) is 22.4 Å². The molecule has 0 aromatic carbocycles. The van der Waals surface area contributed by atoms with Gasteiger partial charge in [0, 0.05) is 18.8 Å². The van der Waals surface area contributed by atoms with Gasteiger partial charge in [-0.25, -0.2) is 0 Å². The number of hydrogen-bond donors (Lipinski definition) is 1. The summed E-state index contributed by atoms with van der Waals surface area (Å²) in [6, 6.07) is 0.615. The van der Waals surface area contributed by atoms with Crippen molar-refractivity contribution in [1.82, 2.24) is 15.1 Å². The number of nitrogens with zero attached hydrogens (tertiary/aromatic N) is 2. The van der Waals surface area contributed by atoms with Gasteiger partial charge in [0.25, 0.3) is 0 Å². The third-order valence-electron chi connectivity index (χ3n) is 5.10. The molecule has 1 aliphatic carbocycles. The topological polar surface area (TPSA) is 29.9 Å². The van der Waals surface area contributed by atoms with E-state index in [1.54, 1.807) is 0 Å². The fourth-order valence-corrected chi connectivity index (χ4v) is 3.85. The van der Waals surface area contributed by atoms with Crippen LogP contribution in [0.5, 0.6) is 0 Å². The lowest BCUT2D eigenvalue weighted by Gasteiger charge is -2.34. The van der Waals surface area contributed by atoms with E-state index in [1.807, 2.05) is 4.68 Å². The minimum absolute atomic E-state index is 0.615. The van der Waals surface area contributed by atoms with Crippen molar-refractivity contribution < 1.29 is 0 Å². The van der Waals surface area contributed by atoms with Crippen molar-refractivity contribution >= 4 is 0 Å². The molecule has 0 aliphatic heterocycles. The molecule has 0 spiro atoms. The van der Waals surface area contributed by atoms with Gasteiger partial charge in [-0.05, 0) is 57.1 Å². The smallest absolute Gasteiger partial charge is 0.0628 e. The van der Waals surface area contributed by atoms with Gasteiger partial charge in [-0.2, -0.15) is 5.10 Å². The van der Waals surface area contributed by atoms with Crippen LogP contribution in [0.4, 0.5) is 0 Å². The lowest BCUT2D eigenvalue weighted by Crippen LogP contribution is -2.40. The Morgan fingerprint density at radius 1 is 1.35 bits per heavy atom. The van der Waals surface area contributed by atoms with Gasteiger partial charge >= 0.3 is 0 Å². The second-order valence-electron chi connectivity index (χ2n) is 6.67. The Hall–Kier alpha value is -0.830. The van der Waals surface area contributed by atoms with E-state index >= 15 is 0 Å². The molecule has 114 valence electrons. The van der Waals surface area contributed by atoms with Crippen LogP contribution in [0.3, 0.4) is 0 Å². The van der Waals surface area contributed by atoms with E-state index in [4.69, 9.17) is 0 Å². The van der Waals surface area contributed by atoms with E-state index < -0.39 is 0 Å². The highest BCUT2D eigenvalue weighted by Crippen LogP contribution is 2.32. The van der Waals surface area contributed by atoms with E-state index in [-0.39, 0.29) is 0 Å². The van der Waals surface area contributed by atoms with E-state index in [0.717, 1.165) is 24.8 Å². The van der Waals surface area contributed by atoms with Gasteiger partial charge in [0.1, 0.15) is 0 Å². The maximum atomic E-state index is 4.57. The van der Waals surface area contributed by atoms with Gasteiger partial charge in [0.2, 0.25) is 0 Å². The molecule has 0 amide bonds. The molecule has 1 heterocycles. The van der Waals surface area contributed by atoms with Crippen LogP contribution in [0.25, 0.3) is 0 Å². The maximum absolute atomic E-state index is 4.57. The van der Waals surface area contributed by atoms with Crippen molar-refractivity contribution in [3.8, 4) is 0 Å². The first-order valence-electron chi connectivity index (χ1n) is 8.25. The molecule has 3 atom stereocenters. The molecule has 0 saturated heterocycles. The molecule has 3 nitrogen and oxygen atoms in total. The van der Waals surface area contributed by atoms with Crippen molar-refractivity contribution in [3.63, 3.8) is 0 Å². The Morgan fingerprint density at radius 2 is 2.10 bits per heavy atom. The summed E-state index contributed by atoms with van der Waals surface area (Å²) in [5.41, 5.74) is 3.99. The minimum atomic E-state index is 0.615. The summed E-state index contributed by atoms with van der Waals surface area (Å²) in [6.45, 7) is 10.0. The zero-order valence-corrected chi connectivity index (χ0v) is 13.9. The van der Waals surface area contributed by atoms with Crippen molar-refractivity contribution in [2.45, 2.75) is 65.8 Å². The second-order valence-corrected chi connectivity index (χ2v) is 6.67. The summed E-state index contributed by atoms with van der Waals surface area (Å²) in [4.78, 5) is 0. The molecule has 1 N–H and O–H groups in total. The molecular weight excluding hydrogens is 246 g/mol. The lowest BCUT2D eigenvalue weighted by atomic mass is 9.77. The Morgan fingerprint density at radius 3 is 2.65 bits per heavy atom. The highest BCUT2D eigenvalue weighted by molar-refractivity contribution is 5.25. The molecule has 1 aliphatic rings. The summed E-state index contributed by atoms with van der Waals surface area (Å²) in [5.74, 6) is 1.73. The van der Waals surface area contributed by atoms with Crippen LogP contribution in [0.1, 0.15) is 56.5 Å². The third-order valence-corrected chi connectivity index (χ3v) is 5.10. The van der Waals surface area contributed by atoms with Crippen LogP contribution in [0, 0.1) is 25.7 Å². The zero-order chi connectivity index (χ0) is 14.7. The van der Waals surface area contributed by atoms with Crippen molar-refractivity contribution in [1.29, 1.82) is 0 Å². The molecule has 1 aromatic rings. The Bertz CT molecular complexity index is 436. The predicted molar refractivity (Wildman–Crippen MR) is 85.0 cm³/mol. The quantitative estimate of drug-likeness (QED) is 0.894. The van der Waals surface area contributed by atoms with E-state index in [1.165, 1.54) is 42.6 Å². The number of rotatable bonds is 5. The van der Waals surface area contributed by atoms with Gasteiger partial charge in [0.05, 0.1) is 5.69 Å². The summed E-state index contributed by atoms with van der Waals surface area (Å²) in [7, 11) is 2.05. The fourth-order valence-electron chi connectivity index (χ4n) is 3.85. The minimum Gasteiger partial charge on any atom is -0.314 e. The SMILES string of the molecule is CCNC(Cc1c(C)nn(C)c1C)C1CCCC(C)C1. The second kappa shape index (κ2) is 6.75. The third kappa shape index (κ3) is 3.43. The largest absolute Gasteiger partial charge is 0.314 e. The lowest BCUT2D eigenvalue weighted by molar-refractivity contribution is 0.222. The van der Waals surface area contributed by atoms with Crippen molar-refractivity contribution in [2.24, 2.45) is 18.9 Å². The van der Waals surface area contributed by atoms with E-state index in [9.17, 15) is 0 Å². The average molecular weight is 277 g/mol. The van der Waals surface area contributed by atoms with Crippen LogP contribution in [0.2, 0.25) is 0 Å². The molecule has 0 bridgehead atoms. The molecular formula is C17H31N3. The number of likely N-dealkylation sites (N-methyl/N-ethyl adjacent to an activating group) is 1. The molecule has 1 fully saturated rings. The zero-order valence-electron chi connectivity index (χ0n) is 13.9. The summed E-state index contributed by atoms with van der Waals surface area (Å²) >= 11 is 0. The normalized spacial score (nSPS) is 24.9. The predicted octanol–water partition coefficient (Wildman–Crippen LogP) is 3.38. The summed E-state index contributed by atoms with van der Waals surface area (Å²) in [6.07, 6.45) is 6.73. The molecule has 20 heavy (non-hydrogen) atoms. The van der Waals surface area contributed by atoms with Crippen LogP contribution in [0.15, 0.2) is 0 Å². The van der Waals surface area contributed by atoms with Crippen molar-refractivity contribution in [3.05, 3.63) is 17.0 Å². The summed E-state index contributed by atoms with van der Waals surface area (Å²) < 4.78 is 2.02. The fraction of sp³-hybridized carbons (Fsp3) is 0.824. The first-order chi connectivity index (χ1) is 9.52. The number of aromatic nitrogens is 2. The molecule has 3 unspecified atom stereocenters. The molecule has 3 heteroatoms. The summed E-state index contributed by atoms with van der Waals surface area (Å²) in [5, 5.41) is 8.32. The van der Waals surface area contributed by atoms with Gasteiger partial charge < -0.3 is 5.32 Å². The van der Waals surface area contributed by atoms with Crippen molar-refractivity contribution in [2.75, 3.05) is 6.54 Å². The number of aryl methyl sites for hydroxylation is 2. The van der Waals surface area contributed by atoms with Crippen LogP contribution in [-0.2, 0) is 13.5 Å². The average Bonchev–Trinajstić information content (AvgIpc) is 2.64. The Kier molecular flexibility index (Phi) is 5.25. The van der Waals surface area contributed by atoms with Gasteiger partial charge in [-0.15, -0.1) is 0 Å². The van der Waals surface area contributed by atoms with Gasteiger partial charge in [-0.1, -0.05) is 26.7 Å². The maximum Gasteiger partial charge on any atom is 0.0628 e. The highest BCUT2D eigenvalue weighted by atomic mass is 15.3. The highest BCUT2D eigenvalue weighted by Gasteiger charge is 2.27. The molecule has 0 radical (unpaired) electrons. The molecule has 1 aromatic heterocycles. The number of nitrogens with one attached hydrogen (secondary N) is 1. The van der Waals surface area contributed by atoms with Gasteiger partial charge in [0.15, 0.2) is 0 Å². The number of hydrogen-bond acceptors (Lipinski definition) is 2. The first-order valence-corrected chi connectivity index (χ1v) is 8.25. The Labute approximate surface area is 124 Å². The van der Waals surface area contributed by atoms with Crippen LogP contribution >= 0.6 is 0 Å². The van der Waals surface area contributed by atoms with E-state index in [2.05, 4.69) is 45.2 Å². The Balaban J connectivity index is 2.12. The standard InChI is InChI=1S/C17H31N3/c1-6-18-17(15-9-7-8-12(2)10-15)11-16-13(3)19-20(5)14(16)4/h12,15,17-18H,6-11H2,1-5H3. The van der Waals surface area contributed by atoms with Gasteiger partial charge in [-0.3, -0.25) is 4.68 Å². The monoisotopic (exact) mass is 277 g/mol. The molecule has 1 saturated carbocycles. The first kappa shape index (κ1) is 15.6.